The molecule has 2 fully saturated rings. The fraction of sp³-hybridized carbons (Fsp3) is 0.526. The van der Waals surface area contributed by atoms with E-state index in [-0.39, 0.29) is 39.6 Å². The summed E-state index contributed by atoms with van der Waals surface area (Å²) in [5, 5.41) is 36.0. The van der Waals surface area contributed by atoms with Gasteiger partial charge in [-0.3, -0.25) is 13.8 Å². The monoisotopic (exact) mass is 844 g/mol. The predicted octanol–water partition coefficient (Wildman–Crippen LogP) is 1.54. The van der Waals surface area contributed by atoms with Gasteiger partial charge in [-0.1, -0.05) is 34.6 Å². The van der Waals surface area contributed by atoms with Gasteiger partial charge in [0, 0.05) is 57.8 Å². The Morgan fingerprint density at radius 3 is 1.67 bits per heavy atom. The second kappa shape index (κ2) is 16.0. The summed E-state index contributed by atoms with van der Waals surface area (Å²) in [4.78, 5) is 26.7. The van der Waals surface area contributed by atoms with Crippen LogP contribution in [0.1, 0.15) is 94.9 Å². The van der Waals surface area contributed by atoms with Crippen LogP contribution in [0.3, 0.4) is 0 Å². The van der Waals surface area contributed by atoms with Gasteiger partial charge in [-0.25, -0.2) is 9.03 Å². The zero-order chi connectivity index (χ0) is 44.1. The number of anilines is 1. The van der Waals surface area contributed by atoms with Gasteiger partial charge in [0.25, 0.3) is 11.8 Å². The lowest BCUT2D eigenvalue weighted by molar-refractivity contribution is 0.0990. The van der Waals surface area contributed by atoms with Gasteiger partial charge in [-0.15, -0.1) is 20.4 Å². The second-order valence-corrected chi connectivity index (χ2v) is 18.8. The van der Waals surface area contributed by atoms with Crippen molar-refractivity contribution >= 4 is 39.3 Å². The zero-order valence-electron chi connectivity index (χ0n) is 35.5. The lowest BCUT2D eigenvalue weighted by atomic mass is 9.75. The number of aryl methyl sites for hydroxylation is 2. The molecule has 1 unspecified atom stereocenters. The van der Waals surface area contributed by atoms with Crippen molar-refractivity contribution in [1.82, 2.24) is 59.6 Å². The third-order valence-corrected chi connectivity index (χ3v) is 14.2. The van der Waals surface area contributed by atoms with Crippen molar-refractivity contribution in [3.05, 3.63) is 48.0 Å². The number of primary amides is 2. The first-order valence-corrected chi connectivity index (χ1v) is 20.9. The van der Waals surface area contributed by atoms with Crippen LogP contribution in [-0.2, 0) is 24.9 Å². The van der Waals surface area contributed by atoms with Crippen LogP contribution >= 0.6 is 0 Å². The summed E-state index contributed by atoms with van der Waals surface area (Å²) in [5.41, 5.74) is 32.9. The van der Waals surface area contributed by atoms with E-state index >= 15 is 0 Å². The van der Waals surface area contributed by atoms with Crippen LogP contribution in [0.2, 0.25) is 0 Å². The molecule has 8 rings (SSSR count). The van der Waals surface area contributed by atoms with E-state index in [0.717, 1.165) is 36.8 Å². The van der Waals surface area contributed by atoms with Gasteiger partial charge in [-0.2, -0.15) is 19.8 Å². The summed E-state index contributed by atoms with van der Waals surface area (Å²) in [6.07, 6.45) is 10.2. The quantitative estimate of drug-likeness (QED) is 0.127. The molecule has 21 nitrogen and oxygen atoms in total. The highest BCUT2D eigenvalue weighted by molar-refractivity contribution is 7.85. The first-order chi connectivity index (χ1) is 28.0. The molecule has 2 aliphatic rings. The van der Waals surface area contributed by atoms with E-state index in [1.807, 2.05) is 6.07 Å². The molecule has 322 valence electrons. The van der Waals surface area contributed by atoms with E-state index < -0.39 is 22.6 Å². The van der Waals surface area contributed by atoms with Crippen LogP contribution < -0.4 is 34.0 Å². The van der Waals surface area contributed by atoms with Crippen LogP contribution in [0.5, 0.6) is 0 Å². The first kappa shape index (κ1) is 43.9. The zero-order valence-corrected chi connectivity index (χ0v) is 36.4. The number of hydrogen-bond acceptors (Lipinski definition) is 15. The number of nitrogens with two attached hydrogens (primary N) is 5. The molecule has 0 aromatic carbocycles. The molecule has 5 atom stereocenters. The minimum atomic E-state index is -1.36. The highest BCUT2D eigenvalue weighted by Crippen LogP contribution is 2.46. The number of nitrogens with zero attached hydrogens (tertiary/aromatic N) is 12. The number of carbonyl (C=O) groups excluding carboxylic acids is 2. The number of fused-ring (bicyclic) bond motifs is 2. The summed E-state index contributed by atoms with van der Waals surface area (Å²) in [6, 6.07) is 3.96. The Balaban J connectivity index is 0.000000167. The number of rotatable bonds is 8. The molecular formula is C38H56N18O3S. The summed E-state index contributed by atoms with van der Waals surface area (Å²) in [5.74, 6) is 0.0673. The molecule has 2 amide bonds. The lowest BCUT2D eigenvalue weighted by Crippen LogP contribution is -2.51. The molecule has 0 saturated heterocycles. The van der Waals surface area contributed by atoms with Gasteiger partial charge < -0.3 is 34.0 Å². The number of aromatic nitrogens is 12. The van der Waals surface area contributed by atoms with Gasteiger partial charge in [0.2, 0.25) is 11.6 Å². The Bertz CT molecular complexity index is 2580. The van der Waals surface area contributed by atoms with Crippen molar-refractivity contribution in [3.63, 3.8) is 0 Å². The molecule has 0 spiro atoms. The molecule has 0 bridgehead atoms. The lowest BCUT2D eigenvalue weighted by Gasteiger charge is -2.39. The van der Waals surface area contributed by atoms with E-state index in [1.54, 1.807) is 44.0 Å². The molecule has 22 heteroatoms. The Labute approximate surface area is 349 Å². The minimum absolute atomic E-state index is 0.0631. The largest absolute Gasteiger partial charge is 0.379 e. The van der Waals surface area contributed by atoms with Crippen molar-refractivity contribution in [3.8, 4) is 22.8 Å². The maximum Gasteiger partial charge on any atom is 0.252 e. The molecule has 6 heterocycles. The molecule has 0 radical (unpaired) electrons. The maximum absolute atomic E-state index is 12.3. The number of hydrogen-bond donors (Lipinski definition) is 6. The Morgan fingerprint density at radius 2 is 1.27 bits per heavy atom. The second-order valence-electron chi connectivity index (χ2n) is 17.2. The standard InChI is InChI=1S/C18H25N9O.C12H13N7O2S.C8H18N2/c1-17(2)13(5-6-18(17,3)20)22-14-11(15(19)28)8-21-27-9-10(7-12(14)27)16-23-25-26(4)24-16;1-3-22(21)10-8(11(13)20)5-14-19-6-7(4-9(10)19)12-15-17-18(2)16-12;1-7(2)6(9)4-5-8(7,3)10/h7-9,13,22H,5-6,20H2,1-4H3,(H2,19,28);4-6H,3H2,1-2H3,(H2,13,20);6H,4-5,9-10H2,1-3H3/t13-,18+;;6-,8+/m1.1/s1. The molecule has 60 heavy (non-hydrogen) atoms. The number of carbonyl (C=O) groups is 2. The van der Waals surface area contributed by atoms with E-state index in [1.165, 1.54) is 26.5 Å². The summed E-state index contributed by atoms with van der Waals surface area (Å²) < 4.78 is 15.5. The summed E-state index contributed by atoms with van der Waals surface area (Å²) in [7, 11) is 2.00. The average Bonchev–Trinajstić information content (AvgIpc) is 4.04. The molecule has 0 aliphatic heterocycles. The van der Waals surface area contributed by atoms with Crippen molar-refractivity contribution in [2.75, 3.05) is 11.1 Å². The predicted molar refractivity (Wildman–Crippen MR) is 227 cm³/mol. The van der Waals surface area contributed by atoms with Gasteiger partial charge in [0.05, 0.1) is 70.0 Å². The van der Waals surface area contributed by atoms with E-state index in [2.05, 4.69) is 87.9 Å². The van der Waals surface area contributed by atoms with Crippen molar-refractivity contribution in [2.24, 2.45) is 53.6 Å². The molecule has 11 N–H and O–H groups in total. The molecule has 2 aliphatic carbocycles. The third-order valence-electron chi connectivity index (χ3n) is 12.8. The Morgan fingerprint density at radius 1 is 0.783 bits per heavy atom. The topological polar surface area (TPSA) is 315 Å². The summed E-state index contributed by atoms with van der Waals surface area (Å²) >= 11 is 0. The van der Waals surface area contributed by atoms with Crippen LogP contribution in [-0.4, -0.2) is 105 Å². The van der Waals surface area contributed by atoms with Crippen molar-refractivity contribution in [2.45, 2.75) is 102 Å². The minimum Gasteiger partial charge on any atom is -0.379 e. The first-order valence-electron chi connectivity index (χ1n) is 19.6. The van der Waals surface area contributed by atoms with Crippen molar-refractivity contribution in [1.29, 1.82) is 0 Å². The van der Waals surface area contributed by atoms with Gasteiger partial charge in [0.15, 0.2) is 0 Å². The average molecular weight is 845 g/mol. The third kappa shape index (κ3) is 8.10. The molecular weight excluding hydrogens is 789 g/mol. The van der Waals surface area contributed by atoms with E-state index in [9.17, 15) is 13.8 Å². The number of nitrogens with one attached hydrogen (secondary N) is 1. The van der Waals surface area contributed by atoms with E-state index in [4.69, 9.17) is 28.7 Å². The van der Waals surface area contributed by atoms with Gasteiger partial charge in [-0.05, 0) is 67.5 Å². The molecule has 6 aromatic rings. The maximum atomic E-state index is 12.3. The van der Waals surface area contributed by atoms with Crippen LogP contribution in [0, 0.1) is 10.8 Å². The van der Waals surface area contributed by atoms with Crippen LogP contribution in [0.15, 0.2) is 41.8 Å². The highest BCUT2D eigenvalue weighted by atomic mass is 32.2. The SMILES string of the molecule is CC1(C)[C@H](N)CC[C@]1(C)N.CCS(=O)c1c(C(N)=O)cnn2cc(-c3nnn(C)n3)cc12.Cn1nnc(-c2cc3c(N[C@@H]4CC[C@](C)(N)C4(C)C)c(C(N)=O)cnn3c2)n1. The smallest absolute Gasteiger partial charge is 0.252 e. The van der Waals surface area contributed by atoms with Gasteiger partial charge in [0.1, 0.15) is 0 Å². The van der Waals surface area contributed by atoms with Crippen LogP contribution in [0.25, 0.3) is 33.8 Å². The van der Waals surface area contributed by atoms with Crippen LogP contribution in [0.4, 0.5) is 5.69 Å². The fourth-order valence-electron chi connectivity index (χ4n) is 7.55. The summed E-state index contributed by atoms with van der Waals surface area (Å²) in [6.45, 7) is 14.5. The number of tetrazole rings is 2. The Kier molecular flexibility index (Phi) is 11.7. The van der Waals surface area contributed by atoms with Gasteiger partial charge >= 0.3 is 0 Å². The van der Waals surface area contributed by atoms with Crippen molar-refractivity contribution < 1.29 is 13.8 Å². The Hall–Kier alpha value is -5.71. The fourth-order valence-corrected chi connectivity index (χ4v) is 8.62. The normalized spacial score (nSPS) is 23.5. The molecule has 6 aromatic heterocycles. The highest BCUT2D eigenvalue weighted by Gasteiger charge is 2.50. The van der Waals surface area contributed by atoms with E-state index in [0.29, 0.717) is 44.6 Å². The number of amides is 2. The molecule has 2 saturated carbocycles.